The molecular weight excluding hydrogens is 296 g/mol. The Kier molecular flexibility index (Phi) is 4.81. The molecule has 1 atom stereocenters. The van der Waals surface area contributed by atoms with Gasteiger partial charge in [0.25, 0.3) is 0 Å². The lowest BCUT2D eigenvalue weighted by Gasteiger charge is -2.13. The number of benzene rings is 1. The van der Waals surface area contributed by atoms with Crippen molar-refractivity contribution in [2.75, 3.05) is 26.0 Å². The average Bonchev–Trinajstić information content (AvgIpc) is 2.97. The van der Waals surface area contributed by atoms with Crippen LogP contribution in [0.1, 0.15) is 23.2 Å². The van der Waals surface area contributed by atoms with Crippen LogP contribution in [0.2, 0.25) is 0 Å². The van der Waals surface area contributed by atoms with E-state index in [2.05, 4.69) is 9.46 Å². The van der Waals surface area contributed by atoms with Crippen molar-refractivity contribution in [2.24, 2.45) is 0 Å². The number of esters is 1. The monoisotopic (exact) mass is 314 g/mol. The minimum absolute atomic E-state index is 0.00209. The van der Waals surface area contributed by atoms with E-state index in [0.29, 0.717) is 6.61 Å². The van der Waals surface area contributed by atoms with Gasteiger partial charge in [0, 0.05) is 13.2 Å². The predicted molar refractivity (Wildman–Crippen MR) is 76.4 cm³/mol. The summed E-state index contributed by atoms with van der Waals surface area (Å²) in [5.74, 6) is -0.571. The van der Waals surface area contributed by atoms with Crippen molar-refractivity contribution in [1.82, 2.24) is 4.72 Å². The van der Waals surface area contributed by atoms with Gasteiger partial charge >= 0.3 is 5.97 Å². The van der Waals surface area contributed by atoms with Gasteiger partial charge in [-0.15, -0.1) is 0 Å². The molecule has 7 nitrogen and oxygen atoms in total. The maximum Gasteiger partial charge on any atom is 0.337 e. The van der Waals surface area contributed by atoms with Crippen LogP contribution in [0.5, 0.6) is 0 Å². The summed E-state index contributed by atoms with van der Waals surface area (Å²) in [6.45, 7) is 0.864. The van der Waals surface area contributed by atoms with Gasteiger partial charge in [0.2, 0.25) is 10.0 Å². The summed E-state index contributed by atoms with van der Waals surface area (Å²) in [6, 6.07) is 3.94. The fraction of sp³-hybridized carbons (Fsp3) is 0.462. The highest BCUT2D eigenvalue weighted by Crippen LogP contribution is 2.20. The number of hydrogen-bond donors (Lipinski definition) is 2. The molecule has 0 spiro atoms. The van der Waals surface area contributed by atoms with Crippen molar-refractivity contribution in [3.63, 3.8) is 0 Å². The summed E-state index contributed by atoms with van der Waals surface area (Å²) in [7, 11) is -2.49. The lowest BCUT2D eigenvalue weighted by molar-refractivity contribution is 0.0600. The molecule has 1 heterocycles. The molecule has 0 radical (unpaired) electrons. The number of anilines is 1. The van der Waals surface area contributed by atoms with Crippen molar-refractivity contribution in [2.45, 2.75) is 23.8 Å². The number of nitrogen functional groups attached to an aromatic ring is 1. The van der Waals surface area contributed by atoms with Gasteiger partial charge in [-0.1, -0.05) is 0 Å². The maximum absolute atomic E-state index is 12.2. The van der Waals surface area contributed by atoms with Crippen LogP contribution in [0.3, 0.4) is 0 Å². The van der Waals surface area contributed by atoms with Crippen LogP contribution in [0.15, 0.2) is 23.1 Å². The Bertz CT molecular complexity index is 623. The first-order chi connectivity index (χ1) is 9.94. The van der Waals surface area contributed by atoms with E-state index in [-0.39, 0.29) is 28.8 Å². The average molecular weight is 314 g/mol. The Morgan fingerprint density at radius 1 is 1.52 bits per heavy atom. The minimum Gasteiger partial charge on any atom is -0.465 e. The van der Waals surface area contributed by atoms with Crippen LogP contribution in [0, 0.1) is 0 Å². The molecule has 3 N–H and O–H groups in total. The molecule has 1 aromatic rings. The summed E-state index contributed by atoms with van der Waals surface area (Å²) < 4.78 is 36.8. The highest BCUT2D eigenvalue weighted by Gasteiger charge is 2.22. The first-order valence-electron chi connectivity index (χ1n) is 6.53. The second-order valence-electron chi connectivity index (χ2n) is 4.73. The molecule has 1 unspecified atom stereocenters. The molecule has 116 valence electrons. The third-order valence-corrected chi connectivity index (χ3v) is 4.74. The molecule has 0 bridgehead atoms. The lowest BCUT2D eigenvalue weighted by atomic mass is 10.2. The molecular formula is C13H18N2O5S. The van der Waals surface area contributed by atoms with Gasteiger partial charge in [-0.05, 0) is 31.0 Å². The number of nitrogens with two attached hydrogens (primary N) is 1. The van der Waals surface area contributed by atoms with E-state index in [1.807, 2.05) is 0 Å². The smallest absolute Gasteiger partial charge is 0.337 e. The largest absolute Gasteiger partial charge is 0.465 e. The van der Waals surface area contributed by atoms with E-state index in [1.54, 1.807) is 0 Å². The normalized spacial score (nSPS) is 18.6. The van der Waals surface area contributed by atoms with Crippen molar-refractivity contribution in [3.8, 4) is 0 Å². The SMILES string of the molecule is COC(=O)c1ccc(S(=O)(=O)NCC2CCCO2)c(N)c1. The third kappa shape index (κ3) is 3.72. The first-order valence-corrected chi connectivity index (χ1v) is 8.01. The van der Waals surface area contributed by atoms with Gasteiger partial charge < -0.3 is 15.2 Å². The molecule has 2 rings (SSSR count). The highest BCUT2D eigenvalue weighted by molar-refractivity contribution is 7.89. The summed E-state index contributed by atoms with van der Waals surface area (Å²) >= 11 is 0. The molecule has 1 aliphatic rings. The predicted octanol–water partition coefficient (Wildman–Crippen LogP) is 0.513. The van der Waals surface area contributed by atoms with Crippen LogP contribution in [-0.2, 0) is 19.5 Å². The second-order valence-corrected chi connectivity index (χ2v) is 6.47. The topological polar surface area (TPSA) is 108 Å². The van der Waals surface area contributed by atoms with E-state index in [4.69, 9.17) is 10.5 Å². The van der Waals surface area contributed by atoms with E-state index >= 15 is 0 Å². The van der Waals surface area contributed by atoms with Gasteiger partial charge in [0.15, 0.2) is 0 Å². The highest BCUT2D eigenvalue weighted by atomic mass is 32.2. The van der Waals surface area contributed by atoms with E-state index in [0.717, 1.165) is 12.8 Å². The Morgan fingerprint density at radius 2 is 2.29 bits per heavy atom. The summed E-state index contributed by atoms with van der Waals surface area (Å²) in [5.41, 5.74) is 5.93. The third-order valence-electron chi connectivity index (χ3n) is 3.25. The van der Waals surface area contributed by atoms with Gasteiger partial charge in [-0.3, -0.25) is 0 Å². The summed E-state index contributed by atoms with van der Waals surface area (Å²) in [6.07, 6.45) is 1.66. The summed E-state index contributed by atoms with van der Waals surface area (Å²) in [5, 5.41) is 0. The molecule has 1 fully saturated rings. The first kappa shape index (κ1) is 15.7. The van der Waals surface area contributed by atoms with E-state index in [9.17, 15) is 13.2 Å². The fourth-order valence-electron chi connectivity index (χ4n) is 2.12. The maximum atomic E-state index is 12.2. The number of rotatable bonds is 5. The molecule has 1 saturated heterocycles. The molecule has 1 aliphatic heterocycles. The number of carbonyl (C=O) groups is 1. The zero-order chi connectivity index (χ0) is 15.5. The second kappa shape index (κ2) is 6.42. The van der Waals surface area contributed by atoms with Crippen LogP contribution in [0.4, 0.5) is 5.69 Å². The minimum atomic E-state index is -3.73. The Balaban J connectivity index is 2.13. The molecule has 1 aromatic carbocycles. The van der Waals surface area contributed by atoms with Gasteiger partial charge in [0.1, 0.15) is 4.90 Å². The van der Waals surface area contributed by atoms with Crippen LogP contribution in [0.25, 0.3) is 0 Å². The number of nitrogens with one attached hydrogen (secondary N) is 1. The van der Waals surface area contributed by atoms with Crippen molar-refractivity contribution in [1.29, 1.82) is 0 Å². The van der Waals surface area contributed by atoms with Gasteiger partial charge in [0.05, 0.1) is 24.5 Å². The molecule has 0 amide bonds. The molecule has 0 aromatic heterocycles. The van der Waals surface area contributed by atoms with Gasteiger partial charge in [-0.2, -0.15) is 0 Å². The Labute approximate surface area is 123 Å². The number of ether oxygens (including phenoxy) is 2. The van der Waals surface area contributed by atoms with Crippen molar-refractivity contribution < 1.29 is 22.7 Å². The van der Waals surface area contributed by atoms with E-state index in [1.165, 1.54) is 25.3 Å². The number of hydrogen-bond acceptors (Lipinski definition) is 6. The fourth-order valence-corrected chi connectivity index (χ4v) is 3.30. The Hall–Kier alpha value is -1.64. The standard InChI is InChI=1S/C13H18N2O5S/c1-19-13(16)9-4-5-12(11(14)7-9)21(17,18)15-8-10-3-2-6-20-10/h4-5,7,10,15H,2-3,6,8,14H2,1H3. The van der Waals surface area contributed by atoms with E-state index < -0.39 is 16.0 Å². The zero-order valence-corrected chi connectivity index (χ0v) is 12.5. The lowest BCUT2D eigenvalue weighted by Crippen LogP contribution is -2.32. The summed E-state index contributed by atoms with van der Waals surface area (Å²) in [4.78, 5) is 11.3. The number of carbonyl (C=O) groups excluding carboxylic acids is 1. The zero-order valence-electron chi connectivity index (χ0n) is 11.7. The van der Waals surface area contributed by atoms with Gasteiger partial charge in [-0.25, -0.2) is 17.9 Å². The number of methoxy groups -OCH3 is 1. The quantitative estimate of drug-likeness (QED) is 0.606. The molecule has 0 aliphatic carbocycles. The molecule has 21 heavy (non-hydrogen) atoms. The van der Waals surface area contributed by atoms with Crippen LogP contribution < -0.4 is 10.5 Å². The molecule has 0 saturated carbocycles. The van der Waals surface area contributed by atoms with Crippen molar-refractivity contribution >= 4 is 21.7 Å². The number of sulfonamides is 1. The van der Waals surface area contributed by atoms with Crippen LogP contribution in [-0.4, -0.2) is 40.8 Å². The molecule has 8 heteroatoms. The van der Waals surface area contributed by atoms with Crippen LogP contribution >= 0.6 is 0 Å². The Morgan fingerprint density at radius 3 is 2.86 bits per heavy atom. The van der Waals surface area contributed by atoms with Crippen molar-refractivity contribution in [3.05, 3.63) is 23.8 Å².